The Balaban J connectivity index is 1.82. The number of aliphatic hydroxyl groups excluding tert-OH is 1. The molecule has 10 heteroatoms. The standard InChI is InChI=1S/C37H59ClO7Si2/c1-14-41-28-18-15-25(16-19-28)21-26-22-27(17-20-29(26)38)37(24-40-11)33(39)32(44-46(12,13)34(2,3)4)31-30(43-37)23-42-47(45-31,35(5,6)7)36(8,9)10/h15-20,22,30-33,39H,14,21,23-24H2,1-13H3. The third-order valence-corrected chi connectivity index (χ3v) is 20.3. The fourth-order valence-corrected chi connectivity index (χ4v) is 13.5. The minimum atomic E-state index is -2.91. The van der Waals surface area contributed by atoms with Gasteiger partial charge in [0.25, 0.3) is 0 Å². The zero-order valence-electron chi connectivity index (χ0n) is 31.0. The number of benzene rings is 2. The fraction of sp³-hybridized carbons (Fsp3) is 0.676. The molecule has 2 saturated heterocycles. The van der Waals surface area contributed by atoms with Crippen molar-refractivity contribution in [3.8, 4) is 5.75 Å². The van der Waals surface area contributed by atoms with Gasteiger partial charge in [-0.3, -0.25) is 0 Å². The molecular formula is C37H59ClO7Si2. The third-order valence-electron chi connectivity index (χ3n) is 10.3. The van der Waals surface area contributed by atoms with E-state index >= 15 is 0 Å². The lowest BCUT2D eigenvalue weighted by Crippen LogP contribution is -2.74. The first kappa shape index (κ1) is 38.5. The summed E-state index contributed by atoms with van der Waals surface area (Å²) in [6.45, 7) is 27.3. The average molecular weight is 707 g/mol. The second-order valence-corrected chi connectivity index (χ2v) is 26.8. The highest BCUT2D eigenvalue weighted by Gasteiger charge is 2.67. The number of hydrogen-bond acceptors (Lipinski definition) is 7. The molecule has 0 bridgehead atoms. The number of aliphatic hydroxyl groups is 1. The van der Waals surface area contributed by atoms with Gasteiger partial charge in [-0.1, -0.05) is 98.2 Å². The van der Waals surface area contributed by atoms with Gasteiger partial charge in [-0.15, -0.1) is 0 Å². The van der Waals surface area contributed by atoms with Crippen LogP contribution in [0.15, 0.2) is 42.5 Å². The van der Waals surface area contributed by atoms with E-state index in [1.807, 2.05) is 37.3 Å². The SMILES string of the molecule is CCOc1ccc(Cc2cc(C3(COC)OC4CO[Si](C(C)(C)C)(C(C)(C)C)OC4C(O[Si](C)(C)C(C)(C)C)C3O)ccc2Cl)cc1. The highest BCUT2D eigenvalue weighted by atomic mass is 35.5. The highest BCUT2D eigenvalue weighted by molar-refractivity contribution is 6.74. The first-order valence-electron chi connectivity index (χ1n) is 17.0. The Bertz CT molecular complexity index is 1350. The monoisotopic (exact) mass is 706 g/mol. The summed E-state index contributed by atoms with van der Waals surface area (Å²) in [6, 6.07) is 13.9. The molecule has 2 aliphatic heterocycles. The highest BCUT2D eigenvalue weighted by Crippen LogP contribution is 2.57. The molecule has 0 spiro atoms. The Morgan fingerprint density at radius 3 is 2.13 bits per heavy atom. The van der Waals surface area contributed by atoms with Crippen molar-refractivity contribution in [3.63, 3.8) is 0 Å². The molecule has 2 fully saturated rings. The number of methoxy groups -OCH3 is 1. The van der Waals surface area contributed by atoms with Crippen molar-refractivity contribution in [2.45, 2.75) is 134 Å². The summed E-state index contributed by atoms with van der Waals surface area (Å²) >= 11 is 6.80. The number of fused-ring (bicyclic) bond motifs is 1. The van der Waals surface area contributed by atoms with E-state index in [0.717, 1.165) is 22.4 Å². The first-order valence-corrected chi connectivity index (χ1v) is 22.1. The molecule has 5 unspecified atom stereocenters. The van der Waals surface area contributed by atoms with E-state index in [4.69, 9.17) is 39.1 Å². The molecule has 264 valence electrons. The molecule has 5 atom stereocenters. The summed E-state index contributed by atoms with van der Waals surface area (Å²) in [4.78, 5) is 0. The van der Waals surface area contributed by atoms with E-state index in [1.165, 1.54) is 0 Å². The molecular weight excluding hydrogens is 648 g/mol. The van der Waals surface area contributed by atoms with E-state index in [2.05, 4.69) is 87.5 Å². The normalized spacial score (nSPS) is 27.0. The number of halogens is 1. The van der Waals surface area contributed by atoms with Crippen LogP contribution >= 0.6 is 11.6 Å². The predicted molar refractivity (Wildman–Crippen MR) is 194 cm³/mol. The number of hydrogen-bond donors (Lipinski definition) is 1. The Morgan fingerprint density at radius 1 is 0.979 bits per heavy atom. The smallest absolute Gasteiger partial charge is 0.349 e. The van der Waals surface area contributed by atoms with Crippen LogP contribution in [0.1, 0.15) is 85.9 Å². The lowest BCUT2D eigenvalue weighted by atomic mass is 9.79. The molecule has 0 aromatic heterocycles. The molecule has 2 aliphatic rings. The Morgan fingerprint density at radius 2 is 1.60 bits per heavy atom. The van der Waals surface area contributed by atoms with E-state index in [9.17, 15) is 5.11 Å². The van der Waals surface area contributed by atoms with Crippen LogP contribution in [-0.2, 0) is 34.8 Å². The minimum absolute atomic E-state index is 0.0939. The van der Waals surface area contributed by atoms with Gasteiger partial charge in [0.15, 0.2) is 8.32 Å². The molecule has 2 aromatic rings. The second-order valence-electron chi connectivity index (χ2n) is 16.8. The molecule has 7 nitrogen and oxygen atoms in total. The van der Waals surface area contributed by atoms with E-state index < -0.39 is 46.9 Å². The van der Waals surface area contributed by atoms with E-state index in [0.29, 0.717) is 24.7 Å². The molecule has 0 amide bonds. The van der Waals surface area contributed by atoms with Gasteiger partial charge in [-0.25, -0.2) is 0 Å². The van der Waals surface area contributed by atoms with Crippen LogP contribution in [0, 0.1) is 0 Å². The van der Waals surface area contributed by atoms with Crippen molar-refractivity contribution >= 4 is 28.5 Å². The lowest BCUT2D eigenvalue weighted by Gasteiger charge is -2.61. The Hall–Kier alpha value is -1.28. The van der Waals surface area contributed by atoms with Crippen molar-refractivity contribution in [2.75, 3.05) is 26.9 Å². The quantitative estimate of drug-likeness (QED) is 0.261. The van der Waals surface area contributed by atoms with Crippen LogP contribution in [0.3, 0.4) is 0 Å². The van der Waals surface area contributed by atoms with Gasteiger partial charge in [0.2, 0.25) is 0 Å². The van der Waals surface area contributed by atoms with E-state index in [-0.39, 0.29) is 21.7 Å². The number of rotatable bonds is 9. The van der Waals surface area contributed by atoms with Crippen LogP contribution in [0.5, 0.6) is 5.75 Å². The molecule has 1 N–H and O–H groups in total. The van der Waals surface area contributed by atoms with Gasteiger partial charge >= 0.3 is 8.56 Å². The van der Waals surface area contributed by atoms with Crippen LogP contribution in [-0.4, -0.2) is 73.3 Å². The molecule has 2 aromatic carbocycles. The summed E-state index contributed by atoms with van der Waals surface area (Å²) in [7, 11) is -3.69. The third kappa shape index (κ3) is 7.44. The zero-order chi connectivity index (χ0) is 35.2. The fourth-order valence-electron chi connectivity index (χ4n) is 7.04. The lowest BCUT2D eigenvalue weighted by molar-refractivity contribution is -0.297. The van der Waals surface area contributed by atoms with Crippen molar-refractivity contribution in [3.05, 3.63) is 64.2 Å². The summed E-state index contributed by atoms with van der Waals surface area (Å²) in [5.74, 6) is 0.832. The molecule has 0 radical (unpaired) electrons. The Kier molecular flexibility index (Phi) is 11.3. The average Bonchev–Trinajstić information content (AvgIpc) is 2.95. The maximum Gasteiger partial charge on any atom is 0.349 e. The first-order chi connectivity index (χ1) is 21.6. The summed E-state index contributed by atoms with van der Waals surface area (Å²) in [5, 5.41) is 12.7. The molecule has 4 rings (SSSR count). The summed E-state index contributed by atoms with van der Waals surface area (Å²) in [6.07, 6.45) is -2.17. The molecule has 47 heavy (non-hydrogen) atoms. The van der Waals surface area contributed by atoms with Gasteiger partial charge in [0, 0.05) is 22.2 Å². The minimum Gasteiger partial charge on any atom is -0.494 e. The van der Waals surface area contributed by atoms with Crippen molar-refractivity contribution in [2.24, 2.45) is 0 Å². The largest absolute Gasteiger partial charge is 0.494 e. The predicted octanol–water partition coefficient (Wildman–Crippen LogP) is 8.78. The van der Waals surface area contributed by atoms with Crippen LogP contribution in [0.2, 0.25) is 33.2 Å². The Labute approximate surface area is 291 Å². The van der Waals surface area contributed by atoms with Gasteiger partial charge in [0.05, 0.1) is 19.8 Å². The van der Waals surface area contributed by atoms with Crippen molar-refractivity contribution in [1.82, 2.24) is 0 Å². The van der Waals surface area contributed by atoms with Gasteiger partial charge in [-0.2, -0.15) is 0 Å². The topological polar surface area (TPSA) is 75.6 Å². The maximum atomic E-state index is 12.7. The summed E-state index contributed by atoms with van der Waals surface area (Å²) in [5.41, 5.74) is 1.54. The molecule has 2 heterocycles. The molecule has 0 saturated carbocycles. The van der Waals surface area contributed by atoms with Gasteiger partial charge < -0.3 is 32.6 Å². The van der Waals surface area contributed by atoms with Crippen LogP contribution in [0.25, 0.3) is 0 Å². The number of ether oxygens (including phenoxy) is 3. The second kappa shape index (κ2) is 13.8. The molecule has 0 aliphatic carbocycles. The van der Waals surface area contributed by atoms with Crippen LogP contribution < -0.4 is 4.74 Å². The van der Waals surface area contributed by atoms with Gasteiger partial charge in [0.1, 0.15) is 35.8 Å². The maximum absolute atomic E-state index is 12.7. The zero-order valence-corrected chi connectivity index (χ0v) is 33.7. The van der Waals surface area contributed by atoms with Crippen molar-refractivity contribution < 1.29 is 32.6 Å². The van der Waals surface area contributed by atoms with Gasteiger partial charge in [-0.05, 0) is 66.4 Å². The van der Waals surface area contributed by atoms with E-state index in [1.54, 1.807) is 7.11 Å². The van der Waals surface area contributed by atoms with Crippen LogP contribution in [0.4, 0.5) is 0 Å². The summed E-state index contributed by atoms with van der Waals surface area (Å²) < 4.78 is 39.9. The van der Waals surface area contributed by atoms with Crippen molar-refractivity contribution in [1.29, 1.82) is 0 Å².